The molecule has 0 radical (unpaired) electrons. The first kappa shape index (κ1) is 33.7. The number of halogens is 1. The fraction of sp³-hybridized carbons (Fsp3) is 0.297. The van der Waals surface area contributed by atoms with Crippen molar-refractivity contribution in [3.8, 4) is 11.5 Å². The molecule has 1 aliphatic rings. The van der Waals surface area contributed by atoms with Crippen molar-refractivity contribution < 1.29 is 27.1 Å². The number of nitrogens with zero attached hydrogens (tertiary/aromatic N) is 2. The predicted octanol–water partition coefficient (Wildman–Crippen LogP) is 6.99. The summed E-state index contributed by atoms with van der Waals surface area (Å²) in [5, 5.41) is 3.05. The SMILES string of the molecule is Cc1ccc(S(=O)(=O)N(CC(=O)N(Cc2ccccc2F)[C@@H](C)C(=O)NC2CCCCC2)c2ccc(Oc3ccccc3)cc2)cc1. The fourth-order valence-corrected chi connectivity index (χ4v) is 7.05. The standard InChI is InChI=1S/C37H40FN3O5S/c1-27-17-23-34(24-18-27)47(44,45)41(31-19-21-33(22-20-31)46-32-14-7-4-8-15-32)26-36(42)40(25-29-11-9-10-16-35(29)38)28(2)37(43)39-30-12-5-3-6-13-30/h4,7-11,14-24,28,30H,3,5-6,12-13,25-26H2,1-2H3,(H,39,43)/t28-/m0/s1. The molecule has 1 saturated carbocycles. The van der Waals surface area contributed by atoms with Gasteiger partial charge in [0.2, 0.25) is 11.8 Å². The Labute approximate surface area is 276 Å². The molecule has 2 amide bonds. The molecule has 0 unspecified atom stereocenters. The molecule has 1 fully saturated rings. The Morgan fingerprint density at radius 1 is 0.851 bits per heavy atom. The van der Waals surface area contributed by atoms with E-state index in [4.69, 9.17) is 4.74 Å². The van der Waals surface area contributed by atoms with Crippen LogP contribution in [0.5, 0.6) is 11.5 Å². The number of hydrogen-bond acceptors (Lipinski definition) is 5. The van der Waals surface area contributed by atoms with Crippen LogP contribution in [0.2, 0.25) is 0 Å². The van der Waals surface area contributed by atoms with E-state index in [0.29, 0.717) is 11.5 Å². The molecule has 1 atom stereocenters. The number of carbonyl (C=O) groups excluding carboxylic acids is 2. The van der Waals surface area contributed by atoms with Gasteiger partial charge in [-0.25, -0.2) is 12.8 Å². The van der Waals surface area contributed by atoms with E-state index >= 15 is 0 Å². The van der Waals surface area contributed by atoms with Crippen LogP contribution in [0.15, 0.2) is 108 Å². The van der Waals surface area contributed by atoms with Gasteiger partial charge in [0.05, 0.1) is 10.6 Å². The molecule has 0 aromatic heterocycles. The van der Waals surface area contributed by atoms with Crippen LogP contribution in [-0.2, 0) is 26.2 Å². The van der Waals surface area contributed by atoms with Gasteiger partial charge < -0.3 is 15.0 Å². The Balaban J connectivity index is 1.47. The van der Waals surface area contributed by atoms with E-state index in [9.17, 15) is 22.4 Å². The quantitative estimate of drug-likeness (QED) is 0.177. The van der Waals surface area contributed by atoms with Crippen LogP contribution in [0.4, 0.5) is 10.1 Å². The maximum Gasteiger partial charge on any atom is 0.264 e. The molecule has 5 rings (SSSR count). The summed E-state index contributed by atoms with van der Waals surface area (Å²) in [6.45, 7) is 2.60. The van der Waals surface area contributed by atoms with E-state index in [2.05, 4.69) is 5.32 Å². The second kappa shape index (κ2) is 15.3. The molecule has 10 heteroatoms. The van der Waals surface area contributed by atoms with Gasteiger partial charge in [-0.3, -0.25) is 13.9 Å². The highest BCUT2D eigenvalue weighted by Crippen LogP contribution is 2.29. The average molecular weight is 658 g/mol. The third-order valence-corrected chi connectivity index (χ3v) is 10.2. The van der Waals surface area contributed by atoms with E-state index in [0.717, 1.165) is 42.0 Å². The first-order valence-electron chi connectivity index (χ1n) is 15.9. The lowest BCUT2D eigenvalue weighted by molar-refractivity contribution is -0.139. The molecule has 0 aliphatic heterocycles. The Morgan fingerprint density at radius 2 is 1.47 bits per heavy atom. The van der Waals surface area contributed by atoms with Crippen LogP contribution >= 0.6 is 0 Å². The van der Waals surface area contributed by atoms with E-state index in [1.54, 1.807) is 73.7 Å². The van der Waals surface area contributed by atoms with Crippen LogP contribution in [0.25, 0.3) is 0 Å². The van der Waals surface area contributed by atoms with Gasteiger partial charge in [-0.2, -0.15) is 0 Å². The zero-order chi connectivity index (χ0) is 33.4. The van der Waals surface area contributed by atoms with Crippen LogP contribution in [0.3, 0.4) is 0 Å². The monoisotopic (exact) mass is 657 g/mol. The molecule has 0 saturated heterocycles. The van der Waals surface area contributed by atoms with Gasteiger partial charge in [-0.1, -0.05) is 73.4 Å². The average Bonchev–Trinajstić information content (AvgIpc) is 3.08. The zero-order valence-corrected chi connectivity index (χ0v) is 27.5. The molecule has 1 N–H and O–H groups in total. The highest BCUT2D eigenvalue weighted by molar-refractivity contribution is 7.92. The normalized spacial score (nSPS) is 14.2. The summed E-state index contributed by atoms with van der Waals surface area (Å²) in [6, 6.07) is 27.0. The summed E-state index contributed by atoms with van der Waals surface area (Å²) in [7, 11) is -4.25. The van der Waals surface area contributed by atoms with Crippen LogP contribution < -0.4 is 14.4 Å². The zero-order valence-electron chi connectivity index (χ0n) is 26.6. The van der Waals surface area contributed by atoms with E-state index in [1.165, 1.54) is 23.1 Å². The van der Waals surface area contributed by atoms with Crippen molar-refractivity contribution in [1.82, 2.24) is 10.2 Å². The smallest absolute Gasteiger partial charge is 0.264 e. The third-order valence-electron chi connectivity index (χ3n) is 8.41. The van der Waals surface area contributed by atoms with Gasteiger partial charge in [0, 0.05) is 18.2 Å². The lowest BCUT2D eigenvalue weighted by Crippen LogP contribution is -2.53. The number of anilines is 1. The molecule has 0 bridgehead atoms. The van der Waals surface area contributed by atoms with Crippen molar-refractivity contribution in [1.29, 1.82) is 0 Å². The summed E-state index contributed by atoms with van der Waals surface area (Å²) < 4.78 is 50.1. The number of rotatable bonds is 12. The highest BCUT2D eigenvalue weighted by atomic mass is 32.2. The second-order valence-electron chi connectivity index (χ2n) is 11.9. The van der Waals surface area contributed by atoms with Crippen LogP contribution in [0, 0.1) is 12.7 Å². The minimum Gasteiger partial charge on any atom is -0.457 e. The molecule has 1 aliphatic carbocycles. The van der Waals surface area contributed by atoms with Gasteiger partial charge in [-0.05, 0) is 81.3 Å². The van der Waals surface area contributed by atoms with Gasteiger partial charge >= 0.3 is 0 Å². The van der Waals surface area contributed by atoms with Crippen LogP contribution in [-0.4, -0.2) is 43.8 Å². The Kier molecular flexibility index (Phi) is 10.9. The van der Waals surface area contributed by atoms with Gasteiger partial charge in [0.1, 0.15) is 29.9 Å². The number of ether oxygens (including phenoxy) is 1. The Morgan fingerprint density at radius 3 is 2.13 bits per heavy atom. The minimum atomic E-state index is -4.25. The predicted molar refractivity (Wildman–Crippen MR) is 180 cm³/mol. The van der Waals surface area contributed by atoms with Gasteiger partial charge in [-0.15, -0.1) is 0 Å². The Hall–Kier alpha value is -4.70. The largest absolute Gasteiger partial charge is 0.457 e. The number of sulfonamides is 1. The number of nitrogens with one attached hydrogen (secondary N) is 1. The van der Waals surface area contributed by atoms with Crippen molar-refractivity contribution >= 4 is 27.5 Å². The molecular weight excluding hydrogens is 617 g/mol. The fourth-order valence-electron chi connectivity index (χ4n) is 5.63. The van der Waals surface area contributed by atoms with Gasteiger partial charge in [0.25, 0.3) is 10.0 Å². The summed E-state index contributed by atoms with van der Waals surface area (Å²) in [4.78, 5) is 29.0. The lowest BCUT2D eigenvalue weighted by atomic mass is 9.95. The second-order valence-corrected chi connectivity index (χ2v) is 13.7. The number of aryl methyl sites for hydroxylation is 1. The van der Waals surface area contributed by atoms with E-state index in [-0.39, 0.29) is 34.6 Å². The van der Waals surface area contributed by atoms with Crippen LogP contribution in [0.1, 0.15) is 50.2 Å². The first-order valence-corrected chi connectivity index (χ1v) is 17.3. The molecule has 4 aromatic carbocycles. The Bertz CT molecular complexity index is 1760. The maximum atomic E-state index is 14.9. The number of benzene rings is 4. The summed E-state index contributed by atoms with van der Waals surface area (Å²) >= 11 is 0. The molecule has 0 spiro atoms. The first-order chi connectivity index (χ1) is 22.6. The number of para-hydroxylation sites is 1. The van der Waals surface area contributed by atoms with Crippen molar-refractivity contribution in [3.05, 3.63) is 120 Å². The van der Waals surface area contributed by atoms with Crippen molar-refractivity contribution in [2.45, 2.75) is 69.5 Å². The molecule has 0 heterocycles. The maximum absolute atomic E-state index is 14.9. The topological polar surface area (TPSA) is 96.0 Å². The van der Waals surface area contributed by atoms with Crippen molar-refractivity contribution in [2.75, 3.05) is 10.8 Å². The van der Waals surface area contributed by atoms with E-state index < -0.39 is 34.3 Å². The number of hydrogen-bond donors (Lipinski definition) is 1. The summed E-state index contributed by atoms with van der Waals surface area (Å²) in [6.07, 6.45) is 4.85. The van der Waals surface area contributed by atoms with Crippen molar-refractivity contribution in [2.24, 2.45) is 0 Å². The molecular formula is C37H40FN3O5S. The molecule has 246 valence electrons. The third kappa shape index (κ3) is 8.56. The highest BCUT2D eigenvalue weighted by Gasteiger charge is 2.33. The summed E-state index contributed by atoms with van der Waals surface area (Å²) in [5.41, 5.74) is 1.32. The number of amides is 2. The molecule has 47 heavy (non-hydrogen) atoms. The lowest BCUT2D eigenvalue weighted by Gasteiger charge is -2.33. The molecule has 8 nitrogen and oxygen atoms in total. The molecule has 4 aromatic rings. The number of carbonyl (C=O) groups is 2. The van der Waals surface area contributed by atoms with E-state index in [1.807, 2.05) is 25.1 Å². The minimum absolute atomic E-state index is 0.000790. The van der Waals surface area contributed by atoms with Gasteiger partial charge in [0.15, 0.2) is 0 Å². The summed E-state index contributed by atoms with van der Waals surface area (Å²) in [5.74, 6) is -0.447. The van der Waals surface area contributed by atoms with Crippen molar-refractivity contribution in [3.63, 3.8) is 0 Å².